The molecule has 9 heteroatoms. The SMILES string of the molecule is CCOC(=O)c1c(NC(=O)C(C)Sc2cccc(NC(=O)Cc3ccc(Cl)cc3)c2)sc2c1CCC(c1ccccc1)C2. The number of amides is 2. The molecule has 1 heterocycles. The molecule has 2 atom stereocenters. The van der Waals surface area contributed by atoms with Gasteiger partial charge in [0.05, 0.1) is 23.8 Å². The molecule has 222 valence electrons. The van der Waals surface area contributed by atoms with E-state index in [1.807, 2.05) is 49.4 Å². The molecule has 0 saturated heterocycles. The second kappa shape index (κ2) is 14.3. The van der Waals surface area contributed by atoms with Crippen molar-refractivity contribution in [2.24, 2.45) is 0 Å². The summed E-state index contributed by atoms with van der Waals surface area (Å²) in [6.07, 6.45) is 2.75. The molecule has 2 N–H and O–H groups in total. The van der Waals surface area contributed by atoms with E-state index in [2.05, 4.69) is 34.9 Å². The highest BCUT2D eigenvalue weighted by Gasteiger charge is 2.31. The zero-order valence-corrected chi connectivity index (χ0v) is 26.4. The number of carbonyl (C=O) groups excluding carboxylic acids is 3. The summed E-state index contributed by atoms with van der Waals surface area (Å²) in [6, 6.07) is 25.0. The van der Waals surface area contributed by atoms with Crippen molar-refractivity contribution in [2.75, 3.05) is 17.2 Å². The normalized spacial score (nSPS) is 14.8. The van der Waals surface area contributed by atoms with Crippen LogP contribution < -0.4 is 10.6 Å². The number of fused-ring (bicyclic) bond motifs is 1. The van der Waals surface area contributed by atoms with E-state index >= 15 is 0 Å². The molecule has 0 radical (unpaired) electrons. The Bertz CT molecular complexity index is 1600. The van der Waals surface area contributed by atoms with Gasteiger partial charge < -0.3 is 15.4 Å². The molecule has 0 bridgehead atoms. The first-order valence-electron chi connectivity index (χ1n) is 14.3. The Morgan fingerprint density at radius 2 is 1.79 bits per heavy atom. The fraction of sp³-hybridized carbons (Fsp3) is 0.265. The number of benzene rings is 3. The van der Waals surface area contributed by atoms with Gasteiger partial charge in [-0.2, -0.15) is 0 Å². The summed E-state index contributed by atoms with van der Waals surface area (Å²) in [5, 5.41) is 6.69. The number of hydrogen-bond acceptors (Lipinski definition) is 6. The quantitative estimate of drug-likeness (QED) is 0.136. The Kier molecular flexibility index (Phi) is 10.2. The van der Waals surface area contributed by atoms with Crippen LogP contribution in [0.15, 0.2) is 83.8 Å². The number of thiophene rings is 1. The topological polar surface area (TPSA) is 84.5 Å². The largest absolute Gasteiger partial charge is 0.462 e. The van der Waals surface area contributed by atoms with E-state index in [0.29, 0.717) is 27.2 Å². The predicted molar refractivity (Wildman–Crippen MR) is 176 cm³/mol. The minimum Gasteiger partial charge on any atom is -0.462 e. The van der Waals surface area contributed by atoms with Gasteiger partial charge in [0.1, 0.15) is 5.00 Å². The Labute approximate surface area is 265 Å². The van der Waals surface area contributed by atoms with Gasteiger partial charge in [-0.25, -0.2) is 4.79 Å². The molecule has 0 fully saturated rings. The third-order valence-corrected chi connectivity index (χ3v) is 9.85. The molecule has 1 aliphatic carbocycles. The van der Waals surface area contributed by atoms with Crippen LogP contribution in [0.2, 0.25) is 5.02 Å². The molecule has 0 saturated carbocycles. The van der Waals surface area contributed by atoms with Crippen molar-refractivity contribution in [1.29, 1.82) is 0 Å². The maximum atomic E-state index is 13.4. The molecule has 0 aliphatic heterocycles. The lowest BCUT2D eigenvalue weighted by Gasteiger charge is -2.23. The lowest BCUT2D eigenvalue weighted by atomic mass is 9.83. The van der Waals surface area contributed by atoms with Crippen molar-refractivity contribution in [3.63, 3.8) is 0 Å². The second-order valence-corrected chi connectivity index (χ2v) is 13.4. The Hall–Kier alpha value is -3.59. The average molecular weight is 633 g/mol. The molecule has 6 nitrogen and oxygen atoms in total. The molecule has 2 amide bonds. The number of esters is 1. The number of rotatable bonds is 10. The highest BCUT2D eigenvalue weighted by atomic mass is 35.5. The number of thioether (sulfide) groups is 1. The van der Waals surface area contributed by atoms with Gasteiger partial charge in [-0.3, -0.25) is 9.59 Å². The van der Waals surface area contributed by atoms with E-state index in [4.69, 9.17) is 16.3 Å². The summed E-state index contributed by atoms with van der Waals surface area (Å²) in [5.41, 5.74) is 4.29. The maximum Gasteiger partial charge on any atom is 0.341 e. The third kappa shape index (κ3) is 7.88. The van der Waals surface area contributed by atoms with E-state index in [9.17, 15) is 14.4 Å². The Balaban J connectivity index is 1.25. The fourth-order valence-electron chi connectivity index (χ4n) is 5.21. The molecular formula is C34H33ClN2O4S2. The number of carbonyl (C=O) groups is 3. The van der Waals surface area contributed by atoms with Crippen molar-refractivity contribution >= 4 is 63.2 Å². The molecular weight excluding hydrogens is 600 g/mol. The number of nitrogens with one attached hydrogen (secondary N) is 2. The van der Waals surface area contributed by atoms with Crippen molar-refractivity contribution in [3.8, 4) is 0 Å². The summed E-state index contributed by atoms with van der Waals surface area (Å²) in [7, 11) is 0. The Morgan fingerprint density at radius 1 is 1.02 bits per heavy atom. The first kappa shape index (κ1) is 30.9. The molecule has 1 aliphatic rings. The van der Waals surface area contributed by atoms with Gasteiger partial charge >= 0.3 is 5.97 Å². The zero-order valence-electron chi connectivity index (χ0n) is 24.0. The summed E-state index contributed by atoms with van der Waals surface area (Å²) >= 11 is 8.80. The van der Waals surface area contributed by atoms with Gasteiger partial charge in [0.2, 0.25) is 11.8 Å². The highest BCUT2D eigenvalue weighted by molar-refractivity contribution is 8.00. The summed E-state index contributed by atoms with van der Waals surface area (Å²) in [5.74, 6) is -0.362. The van der Waals surface area contributed by atoms with Crippen molar-refractivity contribution in [1.82, 2.24) is 0 Å². The standard InChI is InChI=1S/C34H33ClN2O4S2/c1-3-41-34(40)31-28-17-14-24(23-8-5-4-6-9-23)19-29(28)43-33(31)37-32(39)21(2)42-27-11-7-10-26(20-27)36-30(38)18-22-12-15-25(35)16-13-22/h4-13,15-16,20-21,24H,3,14,17-19H2,1-2H3,(H,36,38)(H,37,39). The minimum atomic E-state index is -0.453. The predicted octanol–water partition coefficient (Wildman–Crippen LogP) is 8.15. The van der Waals surface area contributed by atoms with Gasteiger partial charge in [0, 0.05) is 20.5 Å². The van der Waals surface area contributed by atoms with E-state index in [1.54, 1.807) is 19.1 Å². The van der Waals surface area contributed by atoms with Crippen molar-refractivity contribution in [2.45, 2.75) is 55.6 Å². The number of hydrogen-bond donors (Lipinski definition) is 2. The van der Waals surface area contributed by atoms with Gasteiger partial charge in [-0.05, 0) is 86.1 Å². The monoisotopic (exact) mass is 632 g/mol. The number of ether oxygens (including phenoxy) is 1. The third-order valence-electron chi connectivity index (χ3n) is 7.33. The second-order valence-electron chi connectivity index (χ2n) is 10.4. The maximum absolute atomic E-state index is 13.4. The lowest BCUT2D eigenvalue weighted by Crippen LogP contribution is -2.23. The minimum absolute atomic E-state index is 0.141. The van der Waals surface area contributed by atoms with Crippen LogP contribution in [0.3, 0.4) is 0 Å². The lowest BCUT2D eigenvalue weighted by molar-refractivity contribution is -0.116. The van der Waals surface area contributed by atoms with Gasteiger partial charge in [0.25, 0.3) is 0 Å². The van der Waals surface area contributed by atoms with Crippen LogP contribution in [0.5, 0.6) is 0 Å². The average Bonchev–Trinajstić information content (AvgIpc) is 3.36. The van der Waals surface area contributed by atoms with Gasteiger partial charge in [-0.15, -0.1) is 23.1 Å². The van der Waals surface area contributed by atoms with Crippen LogP contribution in [-0.4, -0.2) is 29.6 Å². The molecule has 5 rings (SSSR count). The van der Waals surface area contributed by atoms with Gasteiger partial charge in [0.15, 0.2) is 0 Å². The van der Waals surface area contributed by atoms with Crippen molar-refractivity contribution in [3.05, 3.63) is 111 Å². The zero-order chi connectivity index (χ0) is 30.3. The van der Waals surface area contributed by atoms with E-state index in [-0.39, 0.29) is 24.8 Å². The van der Waals surface area contributed by atoms with Crippen LogP contribution in [-0.2, 0) is 33.6 Å². The van der Waals surface area contributed by atoms with Crippen LogP contribution in [0.4, 0.5) is 10.7 Å². The van der Waals surface area contributed by atoms with E-state index in [0.717, 1.165) is 40.2 Å². The first-order chi connectivity index (χ1) is 20.8. The van der Waals surface area contributed by atoms with E-state index < -0.39 is 11.2 Å². The van der Waals surface area contributed by atoms with Crippen molar-refractivity contribution < 1.29 is 19.1 Å². The summed E-state index contributed by atoms with van der Waals surface area (Å²) in [6.45, 7) is 3.88. The molecule has 0 spiro atoms. The first-order valence-corrected chi connectivity index (χ1v) is 16.4. The summed E-state index contributed by atoms with van der Waals surface area (Å²) < 4.78 is 5.40. The van der Waals surface area contributed by atoms with Crippen LogP contribution in [0.25, 0.3) is 0 Å². The smallest absolute Gasteiger partial charge is 0.341 e. The van der Waals surface area contributed by atoms with Crippen LogP contribution in [0.1, 0.15) is 58.1 Å². The van der Waals surface area contributed by atoms with E-state index in [1.165, 1.54) is 28.7 Å². The highest BCUT2D eigenvalue weighted by Crippen LogP contribution is 2.43. The number of anilines is 2. The van der Waals surface area contributed by atoms with Crippen LogP contribution in [0, 0.1) is 0 Å². The Morgan fingerprint density at radius 3 is 2.53 bits per heavy atom. The molecule has 1 aromatic heterocycles. The number of halogens is 1. The molecule has 43 heavy (non-hydrogen) atoms. The fourth-order valence-corrected chi connectivity index (χ4v) is 7.58. The summed E-state index contributed by atoms with van der Waals surface area (Å²) in [4.78, 5) is 41.0. The van der Waals surface area contributed by atoms with Gasteiger partial charge in [-0.1, -0.05) is 60.1 Å². The molecule has 4 aromatic rings. The van der Waals surface area contributed by atoms with Crippen LogP contribution >= 0.6 is 34.7 Å². The molecule has 3 aromatic carbocycles. The molecule has 2 unspecified atom stereocenters.